The maximum Gasteiger partial charge on any atom is 0.124 e. The van der Waals surface area contributed by atoms with Crippen molar-refractivity contribution in [2.75, 3.05) is 13.7 Å². The second kappa shape index (κ2) is 5.69. The van der Waals surface area contributed by atoms with Crippen molar-refractivity contribution in [1.82, 2.24) is 5.32 Å². The van der Waals surface area contributed by atoms with Crippen LogP contribution in [0.4, 0.5) is 0 Å². The van der Waals surface area contributed by atoms with Gasteiger partial charge in [-0.1, -0.05) is 34.8 Å². The number of benzene rings is 1. The van der Waals surface area contributed by atoms with Gasteiger partial charge in [0.05, 0.1) is 7.11 Å². The molecule has 0 spiro atoms. The zero-order chi connectivity index (χ0) is 11.4. The van der Waals surface area contributed by atoms with Crippen molar-refractivity contribution < 1.29 is 4.74 Å². The predicted molar refractivity (Wildman–Crippen MR) is 69.7 cm³/mol. The summed E-state index contributed by atoms with van der Waals surface area (Å²) in [4.78, 5) is 0. The summed E-state index contributed by atoms with van der Waals surface area (Å²) in [6, 6.07) is 6.17. The van der Waals surface area contributed by atoms with E-state index in [-0.39, 0.29) is 0 Å². The Morgan fingerprint density at radius 2 is 2.25 bits per heavy atom. The van der Waals surface area contributed by atoms with E-state index in [1.165, 1.54) is 24.8 Å². The van der Waals surface area contributed by atoms with Crippen molar-refractivity contribution in [3.63, 3.8) is 0 Å². The number of halogens is 1. The fourth-order valence-electron chi connectivity index (χ4n) is 1.80. The largest absolute Gasteiger partial charge is 0.496 e. The van der Waals surface area contributed by atoms with Crippen LogP contribution in [0, 0.1) is 5.92 Å². The van der Waals surface area contributed by atoms with Crippen molar-refractivity contribution in [3.8, 4) is 5.75 Å². The van der Waals surface area contributed by atoms with E-state index in [0.29, 0.717) is 0 Å². The molecule has 0 unspecified atom stereocenters. The molecule has 1 aliphatic carbocycles. The molecule has 1 aromatic carbocycles. The minimum atomic E-state index is 0.892. The second-order valence-electron chi connectivity index (χ2n) is 4.36. The molecule has 3 heteroatoms. The van der Waals surface area contributed by atoms with Gasteiger partial charge in [-0.05, 0) is 31.0 Å². The Bertz CT molecular complexity index is 350. The molecule has 0 aromatic heterocycles. The summed E-state index contributed by atoms with van der Waals surface area (Å²) >= 11 is 3.45. The molecule has 88 valence electrons. The van der Waals surface area contributed by atoms with Gasteiger partial charge in [0.15, 0.2) is 0 Å². The summed E-state index contributed by atoms with van der Waals surface area (Å²) < 4.78 is 6.41. The second-order valence-corrected chi connectivity index (χ2v) is 5.28. The van der Waals surface area contributed by atoms with Gasteiger partial charge in [0.25, 0.3) is 0 Å². The fourth-order valence-corrected chi connectivity index (χ4v) is 2.14. The molecule has 1 aromatic rings. The number of rotatable bonds is 6. The van der Waals surface area contributed by atoms with Crippen LogP contribution in [0.3, 0.4) is 0 Å². The van der Waals surface area contributed by atoms with E-state index in [1.807, 2.05) is 6.07 Å². The van der Waals surface area contributed by atoms with E-state index in [4.69, 9.17) is 4.74 Å². The van der Waals surface area contributed by atoms with Gasteiger partial charge in [0.2, 0.25) is 0 Å². The number of ether oxygens (including phenoxy) is 1. The van der Waals surface area contributed by atoms with Gasteiger partial charge >= 0.3 is 0 Å². The van der Waals surface area contributed by atoms with E-state index in [2.05, 4.69) is 33.4 Å². The summed E-state index contributed by atoms with van der Waals surface area (Å²) in [6.07, 6.45) is 4.19. The first-order chi connectivity index (χ1) is 7.79. The zero-order valence-corrected chi connectivity index (χ0v) is 11.2. The van der Waals surface area contributed by atoms with Crippen LogP contribution in [0.2, 0.25) is 0 Å². The van der Waals surface area contributed by atoms with Crippen LogP contribution in [0.15, 0.2) is 22.7 Å². The van der Waals surface area contributed by atoms with Gasteiger partial charge in [0.1, 0.15) is 5.75 Å². The maximum absolute atomic E-state index is 5.35. The summed E-state index contributed by atoms with van der Waals surface area (Å²) in [5, 5.41) is 3.47. The number of nitrogens with one attached hydrogen (secondary N) is 1. The summed E-state index contributed by atoms with van der Waals surface area (Å²) in [5.41, 5.74) is 1.22. The molecule has 1 saturated carbocycles. The minimum absolute atomic E-state index is 0.892. The van der Waals surface area contributed by atoms with Crippen molar-refractivity contribution in [1.29, 1.82) is 0 Å². The van der Waals surface area contributed by atoms with Gasteiger partial charge in [-0.3, -0.25) is 0 Å². The summed E-state index contributed by atoms with van der Waals surface area (Å²) in [5.74, 6) is 1.95. The Hall–Kier alpha value is -0.540. The van der Waals surface area contributed by atoms with Crippen LogP contribution < -0.4 is 10.1 Å². The molecule has 0 heterocycles. The van der Waals surface area contributed by atoms with Crippen molar-refractivity contribution >= 4 is 15.9 Å². The van der Waals surface area contributed by atoms with E-state index in [9.17, 15) is 0 Å². The molecular weight excluding hydrogens is 266 g/mol. The first-order valence-corrected chi connectivity index (χ1v) is 6.62. The van der Waals surface area contributed by atoms with Gasteiger partial charge in [-0.15, -0.1) is 0 Å². The van der Waals surface area contributed by atoms with Gasteiger partial charge in [-0.2, -0.15) is 0 Å². The maximum atomic E-state index is 5.35. The average molecular weight is 284 g/mol. The predicted octanol–water partition coefficient (Wildman–Crippen LogP) is 3.35. The highest BCUT2D eigenvalue weighted by atomic mass is 79.9. The Labute approximate surface area is 106 Å². The SMILES string of the molecule is COc1cc(Br)ccc1CNCCC1CC1. The lowest BCUT2D eigenvalue weighted by Crippen LogP contribution is -2.15. The summed E-state index contributed by atoms with van der Waals surface area (Å²) in [6.45, 7) is 2.01. The third-order valence-corrected chi connectivity index (χ3v) is 3.48. The van der Waals surface area contributed by atoms with Crippen LogP contribution in [0.1, 0.15) is 24.8 Å². The third-order valence-electron chi connectivity index (χ3n) is 2.99. The van der Waals surface area contributed by atoms with Crippen molar-refractivity contribution in [2.45, 2.75) is 25.8 Å². The number of methoxy groups -OCH3 is 1. The van der Waals surface area contributed by atoms with Crippen LogP contribution in [-0.4, -0.2) is 13.7 Å². The van der Waals surface area contributed by atoms with E-state index >= 15 is 0 Å². The van der Waals surface area contributed by atoms with Crippen LogP contribution in [0.5, 0.6) is 5.75 Å². The molecule has 16 heavy (non-hydrogen) atoms. The number of hydrogen-bond acceptors (Lipinski definition) is 2. The average Bonchev–Trinajstić information content (AvgIpc) is 3.09. The molecule has 1 fully saturated rings. The lowest BCUT2D eigenvalue weighted by atomic mass is 10.2. The lowest BCUT2D eigenvalue weighted by molar-refractivity contribution is 0.407. The fraction of sp³-hybridized carbons (Fsp3) is 0.538. The highest BCUT2D eigenvalue weighted by molar-refractivity contribution is 9.10. The molecule has 0 aliphatic heterocycles. The monoisotopic (exact) mass is 283 g/mol. The molecular formula is C13H18BrNO. The normalized spacial score (nSPS) is 15.1. The molecule has 2 nitrogen and oxygen atoms in total. The lowest BCUT2D eigenvalue weighted by Gasteiger charge is -2.09. The quantitative estimate of drug-likeness (QED) is 0.809. The molecule has 0 radical (unpaired) electrons. The van der Waals surface area contributed by atoms with Gasteiger partial charge in [0, 0.05) is 16.6 Å². The molecule has 0 saturated heterocycles. The highest BCUT2D eigenvalue weighted by Crippen LogP contribution is 2.31. The van der Waals surface area contributed by atoms with Crippen LogP contribution >= 0.6 is 15.9 Å². The van der Waals surface area contributed by atoms with Gasteiger partial charge in [-0.25, -0.2) is 0 Å². The topological polar surface area (TPSA) is 21.3 Å². The Balaban J connectivity index is 1.82. The first kappa shape index (κ1) is 11.9. The highest BCUT2D eigenvalue weighted by Gasteiger charge is 2.19. The van der Waals surface area contributed by atoms with Crippen molar-refractivity contribution in [3.05, 3.63) is 28.2 Å². The molecule has 0 amide bonds. The van der Waals surface area contributed by atoms with E-state index < -0.39 is 0 Å². The Morgan fingerprint density at radius 3 is 2.94 bits per heavy atom. The molecule has 1 aliphatic rings. The third kappa shape index (κ3) is 3.49. The van der Waals surface area contributed by atoms with Crippen molar-refractivity contribution in [2.24, 2.45) is 5.92 Å². The molecule has 1 N–H and O–H groups in total. The summed E-state index contributed by atoms with van der Waals surface area (Å²) in [7, 11) is 1.72. The zero-order valence-electron chi connectivity index (χ0n) is 9.63. The molecule has 0 bridgehead atoms. The van der Waals surface area contributed by atoms with Gasteiger partial charge < -0.3 is 10.1 Å². The Morgan fingerprint density at radius 1 is 1.44 bits per heavy atom. The molecule has 2 rings (SSSR count). The minimum Gasteiger partial charge on any atom is -0.496 e. The number of hydrogen-bond donors (Lipinski definition) is 1. The standard InChI is InChI=1S/C13H18BrNO/c1-16-13-8-12(14)5-4-11(13)9-15-7-6-10-2-3-10/h4-5,8,10,15H,2-3,6-7,9H2,1H3. The van der Waals surface area contributed by atoms with E-state index in [1.54, 1.807) is 7.11 Å². The first-order valence-electron chi connectivity index (χ1n) is 5.82. The van der Waals surface area contributed by atoms with Crippen LogP contribution in [0.25, 0.3) is 0 Å². The van der Waals surface area contributed by atoms with Crippen LogP contribution in [-0.2, 0) is 6.54 Å². The smallest absolute Gasteiger partial charge is 0.124 e. The van der Waals surface area contributed by atoms with E-state index in [0.717, 1.165) is 29.2 Å². The Kier molecular flexibility index (Phi) is 4.24. The molecule has 0 atom stereocenters.